The Balaban J connectivity index is 2.60. The van der Waals surface area contributed by atoms with Crippen molar-refractivity contribution in [1.29, 1.82) is 0 Å². The third kappa shape index (κ3) is 2.40. The van der Waals surface area contributed by atoms with Crippen LogP contribution in [0.3, 0.4) is 0 Å². The van der Waals surface area contributed by atoms with Gasteiger partial charge in [0.25, 0.3) is 0 Å². The highest BCUT2D eigenvalue weighted by molar-refractivity contribution is 4.84. The molecule has 1 heterocycles. The Hall–Kier alpha value is -0.160. The molecule has 4 nitrogen and oxygen atoms in total. The molecule has 0 aromatic rings. The van der Waals surface area contributed by atoms with E-state index in [-0.39, 0.29) is 12.0 Å². The molecule has 1 aliphatic heterocycles. The first-order valence-corrected chi connectivity index (χ1v) is 4.60. The summed E-state index contributed by atoms with van der Waals surface area (Å²) in [6, 6.07) is 0. The van der Waals surface area contributed by atoms with Gasteiger partial charge in [0.05, 0.1) is 12.2 Å². The van der Waals surface area contributed by atoms with Crippen LogP contribution in [0, 0.1) is 5.92 Å². The smallest absolute Gasteiger partial charge is 0.160 e. The number of aliphatic hydroxyl groups excluding tert-OH is 2. The van der Waals surface area contributed by atoms with E-state index in [1.165, 1.54) is 7.11 Å². The summed E-state index contributed by atoms with van der Waals surface area (Å²) in [5.41, 5.74) is 0. The summed E-state index contributed by atoms with van der Waals surface area (Å²) in [6.07, 6.45) is -1.95. The van der Waals surface area contributed by atoms with Gasteiger partial charge >= 0.3 is 0 Å². The first kappa shape index (κ1) is 10.9. The van der Waals surface area contributed by atoms with Crippen LogP contribution in [0.15, 0.2) is 0 Å². The van der Waals surface area contributed by atoms with Crippen molar-refractivity contribution in [3.8, 4) is 0 Å². The summed E-state index contributed by atoms with van der Waals surface area (Å²) < 4.78 is 10.4. The van der Waals surface area contributed by atoms with E-state index in [9.17, 15) is 10.2 Å². The van der Waals surface area contributed by atoms with E-state index in [0.29, 0.717) is 6.42 Å². The molecule has 2 unspecified atom stereocenters. The van der Waals surface area contributed by atoms with Gasteiger partial charge in [-0.15, -0.1) is 0 Å². The molecule has 0 bridgehead atoms. The molecule has 1 fully saturated rings. The van der Waals surface area contributed by atoms with Gasteiger partial charge in [0, 0.05) is 13.5 Å². The van der Waals surface area contributed by atoms with Crippen molar-refractivity contribution in [2.45, 2.75) is 44.9 Å². The molecule has 0 aliphatic carbocycles. The summed E-state index contributed by atoms with van der Waals surface area (Å²) in [7, 11) is 1.53. The second kappa shape index (κ2) is 4.37. The van der Waals surface area contributed by atoms with Gasteiger partial charge in [0.15, 0.2) is 6.29 Å². The van der Waals surface area contributed by atoms with Crippen molar-refractivity contribution in [2.24, 2.45) is 5.92 Å². The van der Waals surface area contributed by atoms with Crippen molar-refractivity contribution in [3.63, 3.8) is 0 Å². The predicted octanol–water partition coefficient (Wildman–Crippen LogP) is 0.126. The molecule has 1 aliphatic rings. The molecule has 0 radical (unpaired) electrons. The summed E-state index contributed by atoms with van der Waals surface area (Å²) in [5, 5.41) is 19.1. The quantitative estimate of drug-likeness (QED) is 0.649. The van der Waals surface area contributed by atoms with Crippen LogP contribution in [0.1, 0.15) is 20.3 Å². The molecule has 0 aromatic carbocycles. The average molecular weight is 190 g/mol. The molecule has 1 rings (SSSR count). The van der Waals surface area contributed by atoms with E-state index in [1.54, 1.807) is 0 Å². The van der Waals surface area contributed by atoms with Crippen LogP contribution in [0.5, 0.6) is 0 Å². The number of hydrogen-bond donors (Lipinski definition) is 2. The van der Waals surface area contributed by atoms with Gasteiger partial charge in [-0.3, -0.25) is 0 Å². The zero-order valence-corrected chi connectivity index (χ0v) is 8.30. The van der Waals surface area contributed by atoms with Crippen LogP contribution in [0.2, 0.25) is 0 Å². The molecule has 4 heteroatoms. The zero-order chi connectivity index (χ0) is 10.0. The van der Waals surface area contributed by atoms with Crippen LogP contribution in [-0.4, -0.2) is 41.9 Å². The molecule has 0 aromatic heterocycles. The fraction of sp³-hybridized carbons (Fsp3) is 1.00. The largest absolute Gasteiger partial charge is 0.390 e. The van der Waals surface area contributed by atoms with Gasteiger partial charge in [-0.05, 0) is 5.92 Å². The van der Waals surface area contributed by atoms with Gasteiger partial charge in [0.2, 0.25) is 0 Å². The summed E-state index contributed by atoms with van der Waals surface area (Å²) >= 11 is 0. The Morgan fingerprint density at radius 3 is 2.46 bits per heavy atom. The number of ether oxygens (including phenoxy) is 2. The lowest BCUT2D eigenvalue weighted by Crippen LogP contribution is -2.50. The highest BCUT2D eigenvalue weighted by Crippen LogP contribution is 2.25. The Labute approximate surface area is 78.5 Å². The van der Waals surface area contributed by atoms with E-state index in [1.807, 2.05) is 13.8 Å². The van der Waals surface area contributed by atoms with Crippen molar-refractivity contribution in [1.82, 2.24) is 0 Å². The number of methoxy groups -OCH3 is 1. The second-order valence-corrected chi connectivity index (χ2v) is 3.80. The van der Waals surface area contributed by atoms with Crippen LogP contribution in [0.4, 0.5) is 0 Å². The van der Waals surface area contributed by atoms with Crippen LogP contribution >= 0.6 is 0 Å². The van der Waals surface area contributed by atoms with E-state index in [0.717, 1.165) is 0 Å². The third-order valence-corrected chi connectivity index (χ3v) is 2.39. The second-order valence-electron chi connectivity index (χ2n) is 3.80. The van der Waals surface area contributed by atoms with Crippen molar-refractivity contribution < 1.29 is 19.7 Å². The van der Waals surface area contributed by atoms with E-state index in [2.05, 4.69) is 0 Å². The molecule has 0 saturated carbocycles. The first-order valence-electron chi connectivity index (χ1n) is 4.60. The van der Waals surface area contributed by atoms with E-state index < -0.39 is 18.5 Å². The minimum atomic E-state index is -0.800. The fourth-order valence-corrected chi connectivity index (χ4v) is 1.57. The maximum Gasteiger partial charge on any atom is 0.160 e. The van der Waals surface area contributed by atoms with Gasteiger partial charge in [-0.25, -0.2) is 0 Å². The first-order chi connectivity index (χ1) is 6.06. The maximum absolute atomic E-state index is 9.59. The minimum Gasteiger partial charge on any atom is -0.390 e. The Morgan fingerprint density at radius 1 is 1.38 bits per heavy atom. The van der Waals surface area contributed by atoms with Gasteiger partial charge < -0.3 is 19.7 Å². The molecule has 13 heavy (non-hydrogen) atoms. The van der Waals surface area contributed by atoms with Crippen LogP contribution in [0.25, 0.3) is 0 Å². The maximum atomic E-state index is 9.59. The van der Waals surface area contributed by atoms with Gasteiger partial charge in [0.1, 0.15) is 6.10 Å². The van der Waals surface area contributed by atoms with Crippen LogP contribution in [-0.2, 0) is 9.47 Å². The molecule has 1 saturated heterocycles. The molecule has 0 amide bonds. The summed E-state index contributed by atoms with van der Waals surface area (Å²) in [4.78, 5) is 0. The highest BCUT2D eigenvalue weighted by Gasteiger charge is 2.38. The minimum absolute atomic E-state index is 0.169. The normalized spacial score (nSPS) is 41.1. The van der Waals surface area contributed by atoms with E-state index >= 15 is 0 Å². The Kier molecular flexibility index (Phi) is 3.67. The summed E-state index contributed by atoms with van der Waals surface area (Å²) in [6.45, 7) is 3.89. The average Bonchev–Trinajstić information content (AvgIpc) is 2.09. The van der Waals surface area contributed by atoms with Crippen LogP contribution < -0.4 is 0 Å². The topological polar surface area (TPSA) is 58.9 Å². The molecule has 0 spiro atoms. The SMILES string of the molecule is CO[C@@H]1CC(O)[C@H](O)C(C(C)C)O1. The lowest BCUT2D eigenvalue weighted by atomic mass is 9.93. The molecule has 4 atom stereocenters. The Morgan fingerprint density at radius 2 is 2.00 bits per heavy atom. The standard InChI is InChI=1S/C9H18O4/c1-5(2)9-8(11)6(10)4-7(12-3)13-9/h5-11H,4H2,1-3H3/t6?,7-,8-,9?/m0/s1. The molecular weight excluding hydrogens is 172 g/mol. The zero-order valence-electron chi connectivity index (χ0n) is 8.30. The highest BCUT2D eigenvalue weighted by atomic mass is 16.7. The van der Waals surface area contributed by atoms with Crippen molar-refractivity contribution in [3.05, 3.63) is 0 Å². The fourth-order valence-electron chi connectivity index (χ4n) is 1.57. The predicted molar refractivity (Wildman–Crippen MR) is 47.1 cm³/mol. The Bertz CT molecular complexity index is 160. The van der Waals surface area contributed by atoms with Gasteiger partial charge in [-0.1, -0.05) is 13.8 Å². The monoisotopic (exact) mass is 190 g/mol. The lowest BCUT2D eigenvalue weighted by Gasteiger charge is -2.38. The van der Waals surface area contributed by atoms with Gasteiger partial charge in [-0.2, -0.15) is 0 Å². The van der Waals surface area contributed by atoms with Crippen molar-refractivity contribution >= 4 is 0 Å². The third-order valence-electron chi connectivity index (χ3n) is 2.39. The molecule has 78 valence electrons. The van der Waals surface area contributed by atoms with Crippen molar-refractivity contribution in [2.75, 3.05) is 7.11 Å². The lowest BCUT2D eigenvalue weighted by molar-refractivity contribution is -0.251. The molecular formula is C9H18O4. The summed E-state index contributed by atoms with van der Waals surface area (Å²) in [5.74, 6) is 0.169. The number of rotatable bonds is 2. The number of hydrogen-bond acceptors (Lipinski definition) is 4. The van der Waals surface area contributed by atoms with E-state index in [4.69, 9.17) is 9.47 Å². The number of aliphatic hydroxyl groups is 2. The molecule has 2 N–H and O–H groups in total.